The van der Waals surface area contributed by atoms with E-state index in [2.05, 4.69) is 10.6 Å². The molecule has 2 N–H and O–H groups in total. The van der Waals surface area contributed by atoms with Gasteiger partial charge in [-0.3, -0.25) is 0 Å². The van der Waals surface area contributed by atoms with E-state index in [0.717, 1.165) is 0 Å². The van der Waals surface area contributed by atoms with Gasteiger partial charge in [0.2, 0.25) is 0 Å². The topological polar surface area (TPSA) is 85.9 Å². The van der Waals surface area contributed by atoms with Crippen LogP contribution in [-0.4, -0.2) is 38.7 Å². The molecule has 1 atom stereocenters. The Balaban J connectivity index is 2.56. The van der Waals surface area contributed by atoms with E-state index in [4.69, 9.17) is 25.8 Å². The molecule has 0 aromatic heterocycles. The van der Waals surface area contributed by atoms with Crippen LogP contribution in [-0.2, 0) is 9.53 Å². The number of hydrogen-bond acceptors (Lipinski definition) is 5. The quantitative estimate of drug-likeness (QED) is 0.603. The van der Waals surface area contributed by atoms with Crippen molar-refractivity contribution in [2.45, 2.75) is 13.0 Å². The molecule has 2 rings (SSSR count). The average Bonchev–Trinajstić information content (AvgIpc) is 2.60. The van der Waals surface area contributed by atoms with Gasteiger partial charge in [-0.2, -0.15) is 0 Å². The van der Waals surface area contributed by atoms with E-state index in [1.807, 2.05) is 0 Å². The molecule has 0 fully saturated rings. The van der Waals surface area contributed by atoms with Crippen LogP contribution in [0.5, 0.6) is 11.5 Å². The number of nitrogens with one attached hydrogen (secondary N) is 2. The summed E-state index contributed by atoms with van der Waals surface area (Å²) in [5, 5.41) is 5.26. The highest BCUT2D eigenvalue weighted by atomic mass is 35.5. The standard InChI is InChI=1S/C16H19ClN2O5/c1-4-24-15(20)13-11(8-17)18-16(21)19-14(13)10-6-5-9(22-2)7-12(10)23-3/h5-7,14H,4,8H2,1-3H3,(H2,18,19,21)/t14-/m1/s1. The Morgan fingerprint density at radius 3 is 2.62 bits per heavy atom. The molecule has 0 saturated carbocycles. The molecular weight excluding hydrogens is 336 g/mol. The van der Waals surface area contributed by atoms with Crippen LogP contribution in [0, 0.1) is 0 Å². The zero-order valence-electron chi connectivity index (χ0n) is 13.6. The van der Waals surface area contributed by atoms with Crippen LogP contribution >= 0.6 is 11.6 Å². The Hall–Kier alpha value is -2.41. The van der Waals surface area contributed by atoms with Crippen LogP contribution in [0.2, 0.25) is 0 Å². The fourth-order valence-corrected chi connectivity index (χ4v) is 2.67. The molecule has 0 saturated heterocycles. The first-order valence-electron chi connectivity index (χ1n) is 7.31. The Morgan fingerprint density at radius 1 is 1.29 bits per heavy atom. The van der Waals surface area contributed by atoms with Crippen LogP contribution in [0.1, 0.15) is 18.5 Å². The molecule has 0 bridgehead atoms. The number of amides is 2. The van der Waals surface area contributed by atoms with E-state index in [1.54, 1.807) is 25.1 Å². The number of carbonyl (C=O) groups is 2. The minimum atomic E-state index is -0.743. The third-order valence-corrected chi connectivity index (χ3v) is 3.80. The molecule has 0 unspecified atom stereocenters. The van der Waals surface area contributed by atoms with E-state index in [-0.39, 0.29) is 18.1 Å². The highest BCUT2D eigenvalue weighted by molar-refractivity contribution is 6.20. The highest BCUT2D eigenvalue weighted by Gasteiger charge is 2.35. The van der Waals surface area contributed by atoms with Crippen LogP contribution in [0.3, 0.4) is 0 Å². The van der Waals surface area contributed by atoms with Crippen LogP contribution in [0.4, 0.5) is 4.79 Å². The van der Waals surface area contributed by atoms with Gasteiger partial charge in [0.25, 0.3) is 0 Å². The molecule has 2 amide bonds. The summed E-state index contributed by atoms with van der Waals surface area (Å²) in [7, 11) is 3.04. The van der Waals surface area contributed by atoms with Gasteiger partial charge in [0.05, 0.1) is 38.3 Å². The number of hydrogen-bond donors (Lipinski definition) is 2. The maximum absolute atomic E-state index is 12.4. The second-order valence-electron chi connectivity index (χ2n) is 4.89. The molecule has 7 nitrogen and oxygen atoms in total. The largest absolute Gasteiger partial charge is 0.497 e. The zero-order valence-corrected chi connectivity index (χ0v) is 14.4. The highest BCUT2D eigenvalue weighted by Crippen LogP contribution is 2.35. The van der Waals surface area contributed by atoms with Crippen molar-refractivity contribution in [1.29, 1.82) is 0 Å². The summed E-state index contributed by atoms with van der Waals surface area (Å²) in [6.07, 6.45) is 0. The second kappa shape index (κ2) is 7.92. The van der Waals surface area contributed by atoms with Gasteiger partial charge in [0.15, 0.2) is 0 Å². The number of benzene rings is 1. The minimum absolute atomic E-state index is 0.0312. The van der Waals surface area contributed by atoms with E-state index in [9.17, 15) is 9.59 Å². The molecule has 8 heteroatoms. The van der Waals surface area contributed by atoms with Crippen molar-refractivity contribution >= 4 is 23.6 Å². The number of rotatable bonds is 6. The summed E-state index contributed by atoms with van der Waals surface area (Å²) in [5.74, 6) is 0.479. The lowest BCUT2D eigenvalue weighted by Crippen LogP contribution is -2.46. The first-order valence-corrected chi connectivity index (χ1v) is 7.84. The van der Waals surface area contributed by atoms with E-state index in [1.165, 1.54) is 14.2 Å². The number of halogens is 1. The Bertz CT molecular complexity index is 674. The van der Waals surface area contributed by atoms with Crippen molar-refractivity contribution in [2.24, 2.45) is 0 Å². The predicted molar refractivity (Wildman–Crippen MR) is 88.3 cm³/mol. The molecule has 1 aliphatic heterocycles. The van der Waals surface area contributed by atoms with Crippen LogP contribution in [0.15, 0.2) is 29.5 Å². The minimum Gasteiger partial charge on any atom is -0.497 e. The summed E-state index contributed by atoms with van der Waals surface area (Å²) >= 11 is 5.90. The number of methoxy groups -OCH3 is 2. The molecule has 1 heterocycles. The third-order valence-electron chi connectivity index (χ3n) is 3.53. The fourth-order valence-electron chi connectivity index (χ4n) is 2.46. The SMILES string of the molecule is CCOC(=O)C1=C(CCl)NC(=O)N[C@@H]1c1ccc(OC)cc1OC. The number of allylic oxidation sites excluding steroid dienone is 1. The lowest BCUT2D eigenvalue weighted by atomic mass is 9.94. The normalized spacial score (nSPS) is 17.0. The Kier molecular flexibility index (Phi) is 5.92. The molecule has 130 valence electrons. The summed E-state index contributed by atoms with van der Waals surface area (Å²) in [6.45, 7) is 1.91. The maximum Gasteiger partial charge on any atom is 0.338 e. The smallest absolute Gasteiger partial charge is 0.338 e. The van der Waals surface area contributed by atoms with E-state index in [0.29, 0.717) is 22.8 Å². The number of carbonyl (C=O) groups excluding carboxylic acids is 2. The van der Waals surface area contributed by atoms with Gasteiger partial charge in [-0.15, -0.1) is 11.6 Å². The number of esters is 1. The fraction of sp³-hybridized carbons (Fsp3) is 0.375. The van der Waals surface area contributed by atoms with Crippen LogP contribution in [0.25, 0.3) is 0 Å². The molecule has 1 aromatic carbocycles. The first-order chi connectivity index (χ1) is 11.5. The van der Waals surface area contributed by atoms with Gasteiger partial charge in [-0.1, -0.05) is 0 Å². The van der Waals surface area contributed by atoms with Gasteiger partial charge in [-0.25, -0.2) is 9.59 Å². The molecule has 24 heavy (non-hydrogen) atoms. The van der Waals surface area contributed by atoms with Crippen molar-refractivity contribution in [3.8, 4) is 11.5 Å². The molecule has 1 aromatic rings. The van der Waals surface area contributed by atoms with Crippen LogP contribution < -0.4 is 20.1 Å². The number of urea groups is 1. The first kappa shape index (κ1) is 17.9. The Labute approximate surface area is 144 Å². The summed E-state index contributed by atoms with van der Waals surface area (Å²) in [4.78, 5) is 24.3. The van der Waals surface area contributed by atoms with Gasteiger partial charge < -0.3 is 24.8 Å². The summed E-state index contributed by atoms with van der Waals surface area (Å²) in [5.41, 5.74) is 1.15. The van der Waals surface area contributed by atoms with Crippen molar-refractivity contribution in [3.63, 3.8) is 0 Å². The number of ether oxygens (including phenoxy) is 3. The van der Waals surface area contributed by atoms with Crippen molar-refractivity contribution in [3.05, 3.63) is 35.0 Å². The van der Waals surface area contributed by atoms with Gasteiger partial charge >= 0.3 is 12.0 Å². The molecule has 0 spiro atoms. The van der Waals surface area contributed by atoms with Gasteiger partial charge in [-0.05, 0) is 19.1 Å². The Morgan fingerprint density at radius 2 is 2.04 bits per heavy atom. The maximum atomic E-state index is 12.4. The molecule has 1 aliphatic rings. The number of alkyl halides is 1. The van der Waals surface area contributed by atoms with E-state index < -0.39 is 18.0 Å². The monoisotopic (exact) mass is 354 g/mol. The van der Waals surface area contributed by atoms with Gasteiger partial charge in [0, 0.05) is 17.3 Å². The molecular formula is C16H19ClN2O5. The van der Waals surface area contributed by atoms with Crippen molar-refractivity contribution < 1.29 is 23.8 Å². The molecule has 0 aliphatic carbocycles. The lowest BCUT2D eigenvalue weighted by Gasteiger charge is -2.29. The van der Waals surface area contributed by atoms with E-state index >= 15 is 0 Å². The summed E-state index contributed by atoms with van der Waals surface area (Å²) in [6, 6.07) is 3.91. The zero-order chi connectivity index (χ0) is 17.7. The molecule has 0 radical (unpaired) electrons. The third kappa shape index (κ3) is 3.56. The predicted octanol–water partition coefficient (Wildman–Crippen LogP) is 2.11. The second-order valence-corrected chi connectivity index (χ2v) is 5.15. The van der Waals surface area contributed by atoms with Crippen molar-refractivity contribution in [2.75, 3.05) is 26.7 Å². The van der Waals surface area contributed by atoms with Crippen molar-refractivity contribution in [1.82, 2.24) is 10.6 Å². The average molecular weight is 355 g/mol. The summed E-state index contributed by atoms with van der Waals surface area (Å²) < 4.78 is 15.7. The van der Waals surface area contributed by atoms with Gasteiger partial charge in [0.1, 0.15) is 11.5 Å². The lowest BCUT2D eigenvalue weighted by molar-refractivity contribution is -0.139.